The number of carbonyl (C=O) groups excluding carboxylic acids is 5. The summed E-state index contributed by atoms with van der Waals surface area (Å²) in [6, 6.07) is -2.35. The van der Waals surface area contributed by atoms with Gasteiger partial charge in [0.25, 0.3) is 5.91 Å². The van der Waals surface area contributed by atoms with Crippen molar-refractivity contribution in [2.75, 3.05) is 6.54 Å². The van der Waals surface area contributed by atoms with Crippen molar-refractivity contribution < 1.29 is 32.4 Å². The van der Waals surface area contributed by atoms with Gasteiger partial charge < -0.3 is 26.2 Å². The third-order valence-electron chi connectivity index (χ3n) is 14.6. The molecular weight excluding hydrogens is 695 g/mol. The maximum Gasteiger partial charge on any atom is 0.315 e. The summed E-state index contributed by atoms with van der Waals surface area (Å²) < 4.78 is 26.6. The second-order valence-corrected chi connectivity index (χ2v) is 22.5. The summed E-state index contributed by atoms with van der Waals surface area (Å²) in [7, 11) is -3.64. The molecule has 5 amide bonds. The molecule has 0 radical (unpaired) electrons. The summed E-state index contributed by atoms with van der Waals surface area (Å²) in [6.07, 6.45) is 10.6. The van der Waals surface area contributed by atoms with E-state index in [4.69, 9.17) is 0 Å². The summed E-state index contributed by atoms with van der Waals surface area (Å²) in [5, 5.41) is 11.2. The van der Waals surface area contributed by atoms with E-state index in [9.17, 15) is 27.6 Å². The van der Waals surface area contributed by atoms with Crippen LogP contribution in [0, 0.1) is 28.6 Å². The molecule has 0 aromatic carbocycles. The van der Waals surface area contributed by atoms with Gasteiger partial charge in [-0.05, 0) is 101 Å². The Morgan fingerprint density at radius 1 is 0.868 bits per heavy atom. The molecule has 0 bridgehead atoms. The van der Waals surface area contributed by atoms with Gasteiger partial charge in [0.05, 0.1) is 15.5 Å². The molecule has 1 saturated heterocycles. The number of piperidine rings is 1. The predicted octanol–water partition coefficient (Wildman–Crippen LogP) is 4.54. The molecule has 3 unspecified atom stereocenters. The van der Waals surface area contributed by atoms with Crippen molar-refractivity contribution in [1.82, 2.24) is 26.2 Å². The van der Waals surface area contributed by atoms with E-state index in [0.29, 0.717) is 32.2 Å². The highest BCUT2D eigenvalue weighted by molar-refractivity contribution is 7.93. The first-order valence-electron chi connectivity index (χ1n) is 20.5. The van der Waals surface area contributed by atoms with Gasteiger partial charge in [-0.15, -0.1) is 0 Å². The number of amides is 5. The van der Waals surface area contributed by atoms with E-state index in [-0.39, 0.29) is 35.1 Å². The molecule has 12 nitrogen and oxygen atoms in total. The second kappa shape index (κ2) is 13.8. The van der Waals surface area contributed by atoms with Crippen molar-refractivity contribution in [3.8, 4) is 0 Å². The van der Waals surface area contributed by atoms with E-state index in [1.165, 1.54) is 0 Å². The molecule has 0 aromatic heterocycles. The summed E-state index contributed by atoms with van der Waals surface area (Å²) in [5.74, 6) is -2.22. The molecule has 298 valence electrons. The molecule has 1 aliphatic heterocycles. The van der Waals surface area contributed by atoms with Crippen LogP contribution in [0.1, 0.15) is 145 Å². The Morgan fingerprint density at radius 3 is 1.98 bits per heavy atom. The van der Waals surface area contributed by atoms with Gasteiger partial charge >= 0.3 is 6.03 Å². The molecule has 6 rings (SSSR count). The average molecular weight is 760 g/mol. The Bertz CT molecular complexity index is 1600. The fourth-order valence-corrected chi connectivity index (χ4v) is 12.4. The van der Waals surface area contributed by atoms with E-state index in [0.717, 1.165) is 64.2 Å². The minimum atomic E-state index is -3.64. The smallest absolute Gasteiger partial charge is 0.315 e. The molecule has 53 heavy (non-hydrogen) atoms. The van der Waals surface area contributed by atoms with Crippen molar-refractivity contribution in [2.45, 2.75) is 184 Å². The number of ketones is 1. The number of nitrogens with zero attached hydrogens (tertiary/aromatic N) is 1. The molecule has 5 saturated carbocycles. The van der Waals surface area contributed by atoms with Crippen molar-refractivity contribution >= 4 is 39.4 Å². The highest BCUT2D eigenvalue weighted by atomic mass is 32.2. The number of rotatable bonds is 12. The monoisotopic (exact) mass is 759 g/mol. The summed E-state index contributed by atoms with van der Waals surface area (Å²) in [4.78, 5) is 71.9. The molecule has 0 aromatic rings. The van der Waals surface area contributed by atoms with Crippen molar-refractivity contribution in [2.24, 2.45) is 28.6 Å². The predicted molar refractivity (Wildman–Crippen MR) is 202 cm³/mol. The Balaban J connectivity index is 1.26. The zero-order valence-electron chi connectivity index (χ0n) is 33.4. The van der Waals surface area contributed by atoms with Crippen LogP contribution < -0.4 is 21.3 Å². The molecule has 0 spiro atoms. The Labute approximate surface area is 316 Å². The van der Waals surface area contributed by atoms with Crippen LogP contribution in [0.2, 0.25) is 0 Å². The van der Waals surface area contributed by atoms with Crippen LogP contribution in [-0.4, -0.2) is 88.6 Å². The highest BCUT2D eigenvalue weighted by Crippen LogP contribution is 2.65. The van der Waals surface area contributed by atoms with Crippen LogP contribution in [-0.2, 0) is 29.0 Å². The lowest BCUT2D eigenvalue weighted by Gasteiger charge is -2.46. The topological polar surface area (TPSA) is 171 Å². The average Bonchev–Trinajstić information content (AvgIpc) is 4.05. The van der Waals surface area contributed by atoms with Gasteiger partial charge in [-0.3, -0.25) is 19.2 Å². The Morgan fingerprint density at radius 2 is 1.45 bits per heavy atom. The van der Waals surface area contributed by atoms with Crippen LogP contribution >= 0.6 is 0 Å². The number of nitrogens with one attached hydrogen (secondary N) is 4. The fraction of sp³-hybridized carbons (Fsp3) is 0.875. The normalized spacial score (nSPS) is 32.3. The van der Waals surface area contributed by atoms with Crippen LogP contribution in [0.25, 0.3) is 0 Å². The van der Waals surface area contributed by atoms with E-state index in [2.05, 4.69) is 35.1 Å². The standard InChI is InChI=1S/C40H65N5O7S/c1-9-25-22-40(25,31(46)33(48)41-26-16-17-26)43-32(47)29-28-27(37(28,6)7)23-45(29)34(49)30(38(8)18-12-10-13-19-38)42-35(50)44-39(20-14-11-15-21-39)24(2)53(51,52)36(3,4)5/h24-30H,9-23H2,1-8H3,(H,41,48)(H,43,47)(H2,42,44,50)/t24-,25-,27?,28?,29-,30-,40?/m0/s1. The maximum atomic E-state index is 15.0. The van der Waals surface area contributed by atoms with Gasteiger partial charge in [0.2, 0.25) is 17.6 Å². The van der Waals surface area contributed by atoms with Crippen molar-refractivity contribution in [3.63, 3.8) is 0 Å². The molecule has 7 atom stereocenters. The highest BCUT2D eigenvalue weighted by Gasteiger charge is 2.71. The molecule has 4 N–H and O–H groups in total. The number of fused-ring (bicyclic) bond motifs is 1. The van der Waals surface area contributed by atoms with E-state index in [1.807, 2.05) is 13.8 Å². The van der Waals surface area contributed by atoms with E-state index >= 15 is 4.79 Å². The van der Waals surface area contributed by atoms with Crippen LogP contribution in [0.15, 0.2) is 0 Å². The first-order valence-corrected chi connectivity index (χ1v) is 22.0. The molecule has 13 heteroatoms. The summed E-state index contributed by atoms with van der Waals surface area (Å²) >= 11 is 0. The molecule has 6 fully saturated rings. The largest absolute Gasteiger partial charge is 0.347 e. The maximum absolute atomic E-state index is 15.0. The summed E-state index contributed by atoms with van der Waals surface area (Å²) in [5.41, 5.74) is -3.03. The minimum Gasteiger partial charge on any atom is -0.347 e. The number of Topliss-reactive ketones (excluding diaryl/α,β-unsaturated/α-hetero) is 1. The van der Waals surface area contributed by atoms with Crippen molar-refractivity contribution in [1.29, 1.82) is 0 Å². The molecule has 5 aliphatic carbocycles. The number of hydrogen-bond donors (Lipinski definition) is 4. The second-order valence-electron chi connectivity index (χ2n) is 19.5. The zero-order chi connectivity index (χ0) is 38.9. The first kappa shape index (κ1) is 40.0. The SMILES string of the molecule is CC[C@H]1CC1(NC(=O)[C@@H]1C2C(CN1C(=O)[C@H](NC(=O)NC1([C@H](C)S(=O)(=O)C(C)(C)C)CCCCC1)C1(C)CCCCC1)C2(C)C)C(=O)C(=O)NC1CC1. The van der Waals surface area contributed by atoms with E-state index in [1.54, 1.807) is 32.6 Å². The van der Waals surface area contributed by atoms with Gasteiger partial charge in [0, 0.05) is 12.6 Å². The van der Waals surface area contributed by atoms with Crippen LogP contribution in [0.5, 0.6) is 0 Å². The number of urea groups is 1. The lowest BCUT2D eigenvalue weighted by molar-refractivity contribution is -0.146. The number of hydrogen-bond acceptors (Lipinski definition) is 7. The quantitative estimate of drug-likeness (QED) is 0.212. The first-order chi connectivity index (χ1) is 24.6. The fourth-order valence-electron chi connectivity index (χ4n) is 10.5. The lowest BCUT2D eigenvalue weighted by atomic mass is 9.70. The number of likely N-dealkylation sites (tertiary alicyclic amines) is 1. The van der Waals surface area contributed by atoms with Gasteiger partial charge in [-0.2, -0.15) is 0 Å². The molecule has 1 heterocycles. The van der Waals surface area contributed by atoms with Gasteiger partial charge in [0.1, 0.15) is 17.6 Å². The Kier molecular flexibility index (Phi) is 10.4. The van der Waals surface area contributed by atoms with Crippen LogP contribution in [0.4, 0.5) is 4.79 Å². The molecule has 6 aliphatic rings. The summed E-state index contributed by atoms with van der Waals surface area (Å²) in [6.45, 7) is 15.3. The van der Waals surface area contributed by atoms with Crippen LogP contribution in [0.3, 0.4) is 0 Å². The number of carbonyl (C=O) groups is 5. The number of sulfone groups is 1. The van der Waals surface area contributed by atoms with E-state index < -0.39 is 72.0 Å². The Hall–Kier alpha value is -2.70. The van der Waals surface area contributed by atoms with Crippen molar-refractivity contribution in [3.05, 3.63) is 0 Å². The zero-order valence-corrected chi connectivity index (χ0v) is 34.2. The third-order valence-corrected chi connectivity index (χ3v) is 17.7. The third kappa shape index (κ3) is 7.14. The van der Waals surface area contributed by atoms with Gasteiger partial charge in [0.15, 0.2) is 9.84 Å². The lowest BCUT2D eigenvalue weighted by Crippen LogP contribution is -2.66. The molecular formula is C40H65N5O7S. The minimum absolute atomic E-state index is 0.0101. The van der Waals surface area contributed by atoms with Gasteiger partial charge in [-0.1, -0.05) is 72.6 Å². The van der Waals surface area contributed by atoms with Gasteiger partial charge in [-0.25, -0.2) is 13.2 Å².